The van der Waals surface area contributed by atoms with Gasteiger partial charge in [0.2, 0.25) is 10.0 Å². The molecule has 1 aromatic rings. The fourth-order valence-corrected chi connectivity index (χ4v) is 4.83. The summed E-state index contributed by atoms with van der Waals surface area (Å²) in [5, 5.41) is 0. The maximum atomic E-state index is 12.6. The molecule has 2 heterocycles. The molecule has 1 unspecified atom stereocenters. The predicted molar refractivity (Wildman–Crippen MR) is 72.9 cm³/mol. The lowest BCUT2D eigenvalue weighted by atomic mass is 9.87. The fraction of sp³-hybridized carbons (Fsp3) is 0.571. The van der Waals surface area contributed by atoms with E-state index in [0.717, 1.165) is 6.42 Å². The normalized spacial score (nSPS) is 26.3. The molecule has 0 saturated carbocycles. The lowest BCUT2D eigenvalue weighted by Gasteiger charge is -2.48. The number of nitrogens with zero attached hydrogens (tertiary/aromatic N) is 1. The standard InChI is InChI=1S/C14H16F3NO3S/c15-14(16,17)9-11-1-3-12(4-2-11)22(19,20)18-7-5-13(18)6-8-21-10-13/h1-4H,5-10H2. The first kappa shape index (κ1) is 15.8. The third kappa shape index (κ3) is 2.75. The van der Waals surface area contributed by atoms with E-state index in [1.807, 2.05) is 0 Å². The van der Waals surface area contributed by atoms with Crippen LogP contribution in [0, 0.1) is 0 Å². The van der Waals surface area contributed by atoms with E-state index in [2.05, 4.69) is 0 Å². The van der Waals surface area contributed by atoms with Crippen LogP contribution in [0.1, 0.15) is 18.4 Å². The van der Waals surface area contributed by atoms with Gasteiger partial charge in [-0.3, -0.25) is 0 Å². The van der Waals surface area contributed by atoms with Crippen molar-refractivity contribution in [1.29, 1.82) is 0 Å². The van der Waals surface area contributed by atoms with Crippen molar-refractivity contribution >= 4 is 10.0 Å². The molecule has 0 N–H and O–H groups in total. The minimum atomic E-state index is -4.30. The molecule has 2 fully saturated rings. The number of ether oxygens (including phenoxy) is 1. The summed E-state index contributed by atoms with van der Waals surface area (Å²) in [5.41, 5.74) is -0.405. The Labute approximate surface area is 126 Å². The van der Waals surface area contributed by atoms with Crippen molar-refractivity contribution in [3.8, 4) is 0 Å². The van der Waals surface area contributed by atoms with Crippen molar-refractivity contribution < 1.29 is 26.3 Å². The third-order valence-electron chi connectivity index (χ3n) is 4.31. The third-order valence-corrected chi connectivity index (χ3v) is 6.33. The van der Waals surface area contributed by atoms with Gasteiger partial charge < -0.3 is 4.74 Å². The number of alkyl halides is 3. The van der Waals surface area contributed by atoms with Gasteiger partial charge in [-0.1, -0.05) is 12.1 Å². The second-order valence-electron chi connectivity index (χ2n) is 5.79. The molecule has 2 aliphatic heterocycles. The summed E-state index contributed by atoms with van der Waals surface area (Å²) >= 11 is 0. The van der Waals surface area contributed by atoms with Gasteiger partial charge in [0.25, 0.3) is 0 Å². The molecule has 8 heteroatoms. The zero-order chi connectivity index (χ0) is 16.0. The highest BCUT2D eigenvalue weighted by molar-refractivity contribution is 7.89. The summed E-state index contributed by atoms with van der Waals surface area (Å²) in [6.07, 6.45) is -3.94. The van der Waals surface area contributed by atoms with Crippen molar-refractivity contribution in [2.24, 2.45) is 0 Å². The first-order valence-electron chi connectivity index (χ1n) is 6.99. The highest BCUT2D eigenvalue weighted by Crippen LogP contribution is 2.41. The van der Waals surface area contributed by atoms with E-state index in [9.17, 15) is 21.6 Å². The SMILES string of the molecule is O=S(=O)(c1ccc(CC(F)(F)F)cc1)N1CCC12CCOC2. The lowest BCUT2D eigenvalue weighted by molar-refractivity contribution is -0.127. The van der Waals surface area contributed by atoms with Gasteiger partial charge in [0, 0.05) is 13.2 Å². The molecule has 22 heavy (non-hydrogen) atoms. The van der Waals surface area contributed by atoms with Gasteiger partial charge in [0.1, 0.15) is 0 Å². The number of rotatable bonds is 3. The van der Waals surface area contributed by atoms with E-state index in [4.69, 9.17) is 4.74 Å². The van der Waals surface area contributed by atoms with Gasteiger partial charge in [-0.05, 0) is 30.5 Å². The summed E-state index contributed by atoms with van der Waals surface area (Å²) in [7, 11) is -3.68. The van der Waals surface area contributed by atoms with Gasteiger partial charge in [0.15, 0.2) is 0 Å². The first-order valence-corrected chi connectivity index (χ1v) is 8.43. The Balaban J connectivity index is 1.81. The van der Waals surface area contributed by atoms with Gasteiger partial charge in [-0.25, -0.2) is 8.42 Å². The molecule has 0 bridgehead atoms. The molecule has 122 valence electrons. The molecule has 0 amide bonds. The van der Waals surface area contributed by atoms with E-state index in [1.54, 1.807) is 0 Å². The summed E-state index contributed by atoms with van der Waals surface area (Å²) in [6.45, 7) is 1.35. The number of halogens is 3. The van der Waals surface area contributed by atoms with E-state index in [0.29, 0.717) is 26.2 Å². The van der Waals surface area contributed by atoms with E-state index < -0.39 is 28.2 Å². The molecule has 4 nitrogen and oxygen atoms in total. The Morgan fingerprint density at radius 1 is 1.18 bits per heavy atom. The quantitative estimate of drug-likeness (QED) is 0.852. The second kappa shape index (κ2) is 5.21. The summed E-state index contributed by atoms with van der Waals surface area (Å²) < 4.78 is 69.0. The van der Waals surface area contributed by atoms with Crippen LogP contribution in [0.3, 0.4) is 0 Å². The Morgan fingerprint density at radius 3 is 2.32 bits per heavy atom. The second-order valence-corrected chi connectivity index (χ2v) is 7.65. The summed E-state index contributed by atoms with van der Waals surface area (Å²) in [6, 6.07) is 4.94. The lowest BCUT2D eigenvalue weighted by Crippen LogP contribution is -2.62. The average Bonchev–Trinajstić information content (AvgIpc) is 2.87. The topological polar surface area (TPSA) is 46.6 Å². The Hall–Kier alpha value is -1.12. The van der Waals surface area contributed by atoms with E-state index in [-0.39, 0.29) is 10.5 Å². The number of hydrogen-bond acceptors (Lipinski definition) is 3. The molecule has 1 aromatic carbocycles. The molecular formula is C14H16F3NO3S. The Morgan fingerprint density at radius 2 is 1.86 bits per heavy atom. The molecule has 1 spiro atoms. The Kier molecular flexibility index (Phi) is 3.73. The monoisotopic (exact) mass is 335 g/mol. The van der Waals surface area contributed by atoms with Crippen molar-refractivity contribution in [1.82, 2.24) is 4.31 Å². The first-order chi connectivity index (χ1) is 10.2. The minimum Gasteiger partial charge on any atom is -0.379 e. The molecular weight excluding hydrogens is 319 g/mol. The van der Waals surface area contributed by atoms with Crippen LogP contribution in [0.2, 0.25) is 0 Å². The van der Waals surface area contributed by atoms with Crippen LogP contribution in [0.4, 0.5) is 13.2 Å². The van der Waals surface area contributed by atoms with Gasteiger partial charge in [-0.15, -0.1) is 0 Å². The highest BCUT2D eigenvalue weighted by atomic mass is 32.2. The van der Waals surface area contributed by atoms with Crippen molar-refractivity contribution in [2.45, 2.75) is 35.9 Å². The van der Waals surface area contributed by atoms with Gasteiger partial charge >= 0.3 is 6.18 Å². The van der Waals surface area contributed by atoms with Crippen LogP contribution in [0.25, 0.3) is 0 Å². The van der Waals surface area contributed by atoms with Crippen LogP contribution in [-0.2, 0) is 21.2 Å². The molecule has 0 aromatic heterocycles. The van der Waals surface area contributed by atoms with E-state index in [1.165, 1.54) is 28.6 Å². The molecule has 3 rings (SSSR count). The van der Waals surface area contributed by atoms with Gasteiger partial charge in [-0.2, -0.15) is 17.5 Å². The highest BCUT2D eigenvalue weighted by Gasteiger charge is 2.53. The van der Waals surface area contributed by atoms with Crippen molar-refractivity contribution in [3.05, 3.63) is 29.8 Å². The molecule has 0 radical (unpaired) electrons. The summed E-state index contributed by atoms with van der Waals surface area (Å²) in [5.74, 6) is 0. The minimum absolute atomic E-state index is 0.0319. The maximum absolute atomic E-state index is 12.6. The zero-order valence-corrected chi connectivity index (χ0v) is 12.6. The molecule has 2 aliphatic rings. The Bertz CT molecular complexity index is 649. The fourth-order valence-electron chi connectivity index (χ4n) is 3.02. The largest absolute Gasteiger partial charge is 0.393 e. The number of sulfonamides is 1. The van der Waals surface area contributed by atoms with Gasteiger partial charge in [0.05, 0.1) is 23.5 Å². The maximum Gasteiger partial charge on any atom is 0.393 e. The van der Waals surface area contributed by atoms with Crippen LogP contribution in [0.5, 0.6) is 0 Å². The predicted octanol–water partition coefficient (Wildman–Crippen LogP) is 2.34. The van der Waals surface area contributed by atoms with Crippen LogP contribution >= 0.6 is 0 Å². The molecule has 1 atom stereocenters. The van der Waals surface area contributed by atoms with Crippen LogP contribution < -0.4 is 0 Å². The smallest absolute Gasteiger partial charge is 0.379 e. The average molecular weight is 335 g/mol. The number of hydrogen-bond donors (Lipinski definition) is 0. The molecule has 0 aliphatic carbocycles. The van der Waals surface area contributed by atoms with Crippen LogP contribution in [-0.4, -0.2) is 44.2 Å². The van der Waals surface area contributed by atoms with Crippen LogP contribution in [0.15, 0.2) is 29.2 Å². The zero-order valence-electron chi connectivity index (χ0n) is 11.8. The number of benzene rings is 1. The van der Waals surface area contributed by atoms with Crippen molar-refractivity contribution in [3.63, 3.8) is 0 Å². The van der Waals surface area contributed by atoms with E-state index >= 15 is 0 Å². The molecule has 2 saturated heterocycles. The van der Waals surface area contributed by atoms with Crippen molar-refractivity contribution in [2.75, 3.05) is 19.8 Å². The summed E-state index contributed by atoms with van der Waals surface area (Å²) in [4.78, 5) is 0.0319.